The van der Waals surface area contributed by atoms with Crippen LogP contribution in [-0.2, 0) is 19.4 Å². The molecule has 0 unspecified atom stereocenters. The smallest absolute Gasteiger partial charge is 0.197 e. The molecule has 98 valence electrons. The molecule has 0 atom stereocenters. The maximum Gasteiger partial charge on any atom is 0.197 e. The van der Waals surface area contributed by atoms with E-state index in [0.29, 0.717) is 12.5 Å². The molecule has 0 bridgehead atoms. The summed E-state index contributed by atoms with van der Waals surface area (Å²) in [5.41, 5.74) is 7.37. The monoisotopic (exact) mass is 258 g/mol. The summed E-state index contributed by atoms with van der Waals surface area (Å²) in [6.07, 6.45) is 6.94. The zero-order chi connectivity index (χ0) is 13.1. The highest BCUT2D eigenvalue weighted by molar-refractivity contribution is 5.18. The van der Waals surface area contributed by atoms with Gasteiger partial charge in [0.2, 0.25) is 0 Å². The van der Waals surface area contributed by atoms with Gasteiger partial charge in [-0.2, -0.15) is 0 Å². The second kappa shape index (κ2) is 4.97. The van der Waals surface area contributed by atoms with Crippen molar-refractivity contribution in [3.05, 3.63) is 47.9 Å². The van der Waals surface area contributed by atoms with Crippen molar-refractivity contribution in [2.24, 2.45) is 0 Å². The fraction of sp³-hybridized carbons (Fsp3) is 0.250. The fourth-order valence-corrected chi connectivity index (χ4v) is 1.85. The Morgan fingerprint density at radius 2 is 2.21 bits per heavy atom. The molecule has 0 amide bonds. The summed E-state index contributed by atoms with van der Waals surface area (Å²) >= 11 is 0. The van der Waals surface area contributed by atoms with Crippen molar-refractivity contribution in [1.82, 2.24) is 25.0 Å². The highest BCUT2D eigenvalue weighted by Crippen LogP contribution is 2.06. The molecule has 0 aliphatic carbocycles. The summed E-state index contributed by atoms with van der Waals surface area (Å²) in [4.78, 5) is 7.00. The fourth-order valence-electron chi connectivity index (χ4n) is 1.85. The van der Waals surface area contributed by atoms with E-state index < -0.39 is 0 Å². The predicted octanol–water partition coefficient (Wildman–Crippen LogP) is 1.01. The molecular formula is C12H14N6O. The Balaban J connectivity index is 1.59. The first-order valence-corrected chi connectivity index (χ1v) is 6.01. The maximum atomic E-state index is 5.52. The number of hydrogen-bond acceptors (Lipinski definition) is 5. The summed E-state index contributed by atoms with van der Waals surface area (Å²) in [6.45, 7) is 0.593. The van der Waals surface area contributed by atoms with Gasteiger partial charge in [0.1, 0.15) is 12.3 Å². The molecule has 3 aromatic rings. The van der Waals surface area contributed by atoms with Crippen molar-refractivity contribution in [2.45, 2.75) is 19.4 Å². The molecule has 3 aromatic heterocycles. The first-order valence-electron chi connectivity index (χ1n) is 6.01. The average molecular weight is 258 g/mol. The number of rotatable bonds is 5. The van der Waals surface area contributed by atoms with Gasteiger partial charge in [0.05, 0.1) is 17.7 Å². The van der Waals surface area contributed by atoms with Crippen LogP contribution in [0.4, 0.5) is 5.95 Å². The molecule has 0 aromatic carbocycles. The minimum Gasteiger partial charge on any atom is -0.467 e. The van der Waals surface area contributed by atoms with Crippen molar-refractivity contribution in [3.63, 3.8) is 0 Å². The molecule has 0 saturated heterocycles. The number of H-pyrrole nitrogens is 1. The van der Waals surface area contributed by atoms with Crippen LogP contribution in [0.25, 0.3) is 0 Å². The van der Waals surface area contributed by atoms with Crippen LogP contribution in [0.1, 0.15) is 17.1 Å². The van der Waals surface area contributed by atoms with Crippen LogP contribution in [0, 0.1) is 0 Å². The lowest BCUT2D eigenvalue weighted by atomic mass is 10.2. The van der Waals surface area contributed by atoms with E-state index in [9.17, 15) is 0 Å². The highest BCUT2D eigenvalue weighted by Gasteiger charge is 2.05. The van der Waals surface area contributed by atoms with E-state index in [0.717, 1.165) is 30.0 Å². The minimum absolute atomic E-state index is 0.441. The Bertz CT molecular complexity index is 639. The van der Waals surface area contributed by atoms with Gasteiger partial charge in [0.25, 0.3) is 0 Å². The van der Waals surface area contributed by atoms with E-state index in [4.69, 9.17) is 10.2 Å². The van der Waals surface area contributed by atoms with Gasteiger partial charge in [-0.25, -0.2) is 9.67 Å². The van der Waals surface area contributed by atoms with E-state index in [1.165, 1.54) is 0 Å². The third kappa shape index (κ3) is 2.82. The third-order valence-electron chi connectivity index (χ3n) is 2.77. The molecule has 0 saturated carbocycles. The van der Waals surface area contributed by atoms with Crippen LogP contribution < -0.4 is 5.73 Å². The Morgan fingerprint density at radius 1 is 1.32 bits per heavy atom. The molecule has 0 aliphatic rings. The van der Waals surface area contributed by atoms with Crippen molar-refractivity contribution < 1.29 is 4.42 Å². The molecule has 3 rings (SSSR count). The van der Waals surface area contributed by atoms with E-state index >= 15 is 0 Å². The van der Waals surface area contributed by atoms with Crippen molar-refractivity contribution >= 4 is 5.95 Å². The summed E-state index contributed by atoms with van der Waals surface area (Å²) in [7, 11) is 0. The second-order valence-corrected chi connectivity index (χ2v) is 4.26. The third-order valence-corrected chi connectivity index (χ3v) is 2.77. The lowest BCUT2D eigenvalue weighted by molar-refractivity contribution is 0.475. The topological polar surface area (TPSA) is 98.6 Å². The molecule has 19 heavy (non-hydrogen) atoms. The number of aromatic amines is 1. The first-order chi connectivity index (χ1) is 9.29. The predicted molar refractivity (Wildman–Crippen MR) is 68.2 cm³/mol. The lowest BCUT2D eigenvalue weighted by Gasteiger charge is -1.95. The number of hydrogen-bond donors (Lipinski definition) is 2. The molecule has 0 aliphatic heterocycles. The molecule has 3 N–H and O–H groups in total. The van der Waals surface area contributed by atoms with Crippen LogP contribution in [-0.4, -0.2) is 25.0 Å². The van der Waals surface area contributed by atoms with Gasteiger partial charge in [0.15, 0.2) is 5.95 Å². The van der Waals surface area contributed by atoms with E-state index in [1.807, 2.05) is 24.5 Å². The Kier molecular flexibility index (Phi) is 3.01. The second-order valence-electron chi connectivity index (χ2n) is 4.26. The van der Waals surface area contributed by atoms with Gasteiger partial charge < -0.3 is 15.1 Å². The summed E-state index contributed by atoms with van der Waals surface area (Å²) in [6, 6.07) is 3.77. The van der Waals surface area contributed by atoms with E-state index in [2.05, 4.69) is 20.3 Å². The standard InChI is InChI=1S/C12H14N6O/c13-12-14-6-9(15-12)3-4-10-7-18(17-16-10)8-11-2-1-5-19-11/h1-2,5-7H,3-4,8H2,(H3,13,14,15). The maximum absolute atomic E-state index is 5.52. The van der Waals surface area contributed by atoms with Gasteiger partial charge in [-0.05, 0) is 25.0 Å². The van der Waals surface area contributed by atoms with Gasteiger partial charge in [-0.1, -0.05) is 5.21 Å². The number of furan rings is 1. The number of nitrogens with zero attached hydrogens (tertiary/aromatic N) is 4. The number of anilines is 1. The molecule has 0 radical (unpaired) electrons. The van der Waals surface area contributed by atoms with E-state index in [1.54, 1.807) is 10.9 Å². The number of imidazole rings is 1. The largest absolute Gasteiger partial charge is 0.467 e. The Labute approximate surface area is 109 Å². The molecular weight excluding hydrogens is 244 g/mol. The number of nitrogens with one attached hydrogen (secondary N) is 1. The van der Waals surface area contributed by atoms with Crippen LogP contribution in [0.3, 0.4) is 0 Å². The number of nitrogens with two attached hydrogens (primary N) is 1. The molecule has 0 fully saturated rings. The van der Waals surface area contributed by atoms with Gasteiger partial charge in [0, 0.05) is 12.4 Å². The van der Waals surface area contributed by atoms with Gasteiger partial charge in [-0.3, -0.25) is 0 Å². The number of nitrogen functional groups attached to an aromatic ring is 1. The summed E-state index contributed by atoms with van der Waals surface area (Å²) in [5, 5.41) is 8.18. The van der Waals surface area contributed by atoms with Crippen LogP contribution in [0.5, 0.6) is 0 Å². The molecule has 0 spiro atoms. The van der Waals surface area contributed by atoms with Crippen molar-refractivity contribution in [1.29, 1.82) is 0 Å². The summed E-state index contributed by atoms with van der Waals surface area (Å²) < 4.78 is 7.02. The minimum atomic E-state index is 0.441. The van der Waals surface area contributed by atoms with Crippen LogP contribution >= 0.6 is 0 Å². The zero-order valence-corrected chi connectivity index (χ0v) is 10.3. The van der Waals surface area contributed by atoms with Crippen LogP contribution in [0.15, 0.2) is 35.2 Å². The Hall–Kier alpha value is -2.57. The van der Waals surface area contributed by atoms with E-state index in [-0.39, 0.29) is 0 Å². The average Bonchev–Trinajstić information content (AvgIpc) is 3.10. The normalized spacial score (nSPS) is 10.9. The number of aryl methyl sites for hydroxylation is 2. The summed E-state index contributed by atoms with van der Waals surface area (Å²) in [5.74, 6) is 1.30. The van der Waals surface area contributed by atoms with Gasteiger partial charge in [-0.15, -0.1) is 5.10 Å². The lowest BCUT2D eigenvalue weighted by Crippen LogP contribution is -1.98. The number of aromatic nitrogens is 5. The van der Waals surface area contributed by atoms with Crippen molar-refractivity contribution in [2.75, 3.05) is 5.73 Å². The van der Waals surface area contributed by atoms with Gasteiger partial charge >= 0.3 is 0 Å². The molecule has 7 nitrogen and oxygen atoms in total. The SMILES string of the molecule is Nc1nc(CCc2cn(Cc3ccco3)nn2)c[nH]1. The van der Waals surface area contributed by atoms with Crippen molar-refractivity contribution in [3.8, 4) is 0 Å². The quantitative estimate of drug-likeness (QED) is 0.711. The Morgan fingerprint density at radius 3 is 2.95 bits per heavy atom. The van der Waals surface area contributed by atoms with Crippen LogP contribution in [0.2, 0.25) is 0 Å². The zero-order valence-electron chi connectivity index (χ0n) is 10.3. The molecule has 7 heteroatoms. The first kappa shape index (κ1) is 11.5. The highest BCUT2D eigenvalue weighted by atomic mass is 16.3. The molecule has 3 heterocycles.